The molecule has 0 aliphatic heterocycles. The van der Waals surface area contributed by atoms with E-state index in [1.54, 1.807) is 6.92 Å². The van der Waals surface area contributed by atoms with Crippen LogP contribution in [0.5, 0.6) is 0 Å². The SMILES string of the molecule is Cc1ncc(C(=O)NCCCN(C)C)o1. The van der Waals surface area contributed by atoms with Gasteiger partial charge in [-0.1, -0.05) is 0 Å². The van der Waals surface area contributed by atoms with Crippen molar-refractivity contribution >= 4 is 5.91 Å². The Morgan fingerprint density at radius 3 is 2.87 bits per heavy atom. The third-order valence-electron chi connectivity index (χ3n) is 1.91. The monoisotopic (exact) mass is 211 g/mol. The van der Waals surface area contributed by atoms with Gasteiger partial charge >= 0.3 is 0 Å². The van der Waals surface area contributed by atoms with E-state index >= 15 is 0 Å². The van der Waals surface area contributed by atoms with E-state index < -0.39 is 0 Å². The predicted octanol–water partition coefficient (Wildman–Crippen LogP) is 0.665. The maximum absolute atomic E-state index is 11.4. The Morgan fingerprint density at radius 1 is 1.60 bits per heavy atom. The molecule has 0 aliphatic rings. The van der Waals surface area contributed by atoms with Gasteiger partial charge in [0.15, 0.2) is 5.89 Å². The molecule has 0 saturated heterocycles. The van der Waals surface area contributed by atoms with E-state index in [-0.39, 0.29) is 11.7 Å². The van der Waals surface area contributed by atoms with Crippen LogP contribution in [0.3, 0.4) is 0 Å². The Kier molecular flexibility index (Phi) is 4.30. The number of hydrogen-bond donors (Lipinski definition) is 1. The van der Waals surface area contributed by atoms with Gasteiger partial charge in [-0.15, -0.1) is 0 Å². The van der Waals surface area contributed by atoms with Gasteiger partial charge in [0.05, 0.1) is 6.20 Å². The molecular formula is C10H17N3O2. The van der Waals surface area contributed by atoms with Crippen molar-refractivity contribution in [1.29, 1.82) is 0 Å². The minimum absolute atomic E-state index is 0.200. The maximum Gasteiger partial charge on any atom is 0.288 e. The second-order valence-corrected chi connectivity index (χ2v) is 3.66. The van der Waals surface area contributed by atoms with E-state index in [2.05, 4.69) is 15.2 Å². The average molecular weight is 211 g/mol. The molecule has 1 aromatic heterocycles. The standard InChI is InChI=1S/C10H17N3O2/c1-8-12-7-9(15-8)10(14)11-5-4-6-13(2)3/h7H,4-6H2,1-3H3,(H,11,14). The fourth-order valence-electron chi connectivity index (χ4n) is 1.15. The van der Waals surface area contributed by atoms with E-state index in [1.165, 1.54) is 6.20 Å². The highest BCUT2D eigenvalue weighted by molar-refractivity contribution is 5.91. The van der Waals surface area contributed by atoms with Crippen LogP contribution in [-0.4, -0.2) is 43.0 Å². The van der Waals surface area contributed by atoms with Crippen LogP contribution in [0.4, 0.5) is 0 Å². The van der Waals surface area contributed by atoms with Crippen LogP contribution >= 0.6 is 0 Å². The molecule has 0 radical (unpaired) electrons. The van der Waals surface area contributed by atoms with E-state index in [9.17, 15) is 4.79 Å². The van der Waals surface area contributed by atoms with Crippen LogP contribution in [0, 0.1) is 6.92 Å². The van der Waals surface area contributed by atoms with Crippen LogP contribution in [-0.2, 0) is 0 Å². The number of aryl methyl sites for hydroxylation is 1. The highest BCUT2D eigenvalue weighted by Crippen LogP contribution is 2.01. The molecule has 0 spiro atoms. The first-order valence-electron chi connectivity index (χ1n) is 4.95. The maximum atomic E-state index is 11.4. The number of nitrogens with one attached hydrogen (secondary N) is 1. The fraction of sp³-hybridized carbons (Fsp3) is 0.600. The summed E-state index contributed by atoms with van der Waals surface area (Å²) in [6.07, 6.45) is 2.36. The van der Waals surface area contributed by atoms with E-state index in [1.807, 2.05) is 14.1 Å². The minimum Gasteiger partial charge on any atom is -0.436 e. The van der Waals surface area contributed by atoms with Crippen molar-refractivity contribution in [2.75, 3.05) is 27.2 Å². The molecule has 1 aromatic rings. The van der Waals surface area contributed by atoms with Gasteiger partial charge in [-0.3, -0.25) is 4.79 Å². The Hall–Kier alpha value is -1.36. The molecule has 0 bridgehead atoms. The Bertz CT molecular complexity index is 320. The lowest BCUT2D eigenvalue weighted by atomic mass is 10.4. The van der Waals surface area contributed by atoms with Crippen molar-refractivity contribution in [1.82, 2.24) is 15.2 Å². The van der Waals surface area contributed by atoms with E-state index in [0.717, 1.165) is 13.0 Å². The smallest absolute Gasteiger partial charge is 0.288 e. The summed E-state index contributed by atoms with van der Waals surface area (Å²) in [5.41, 5.74) is 0. The van der Waals surface area contributed by atoms with Crippen molar-refractivity contribution in [2.45, 2.75) is 13.3 Å². The summed E-state index contributed by atoms with van der Waals surface area (Å²) in [6, 6.07) is 0. The van der Waals surface area contributed by atoms with Crippen LogP contribution in [0.1, 0.15) is 22.9 Å². The van der Waals surface area contributed by atoms with E-state index in [4.69, 9.17) is 4.42 Å². The predicted molar refractivity (Wildman–Crippen MR) is 56.7 cm³/mol. The lowest BCUT2D eigenvalue weighted by molar-refractivity contribution is 0.0923. The zero-order valence-corrected chi connectivity index (χ0v) is 9.41. The fourth-order valence-corrected chi connectivity index (χ4v) is 1.15. The Morgan fingerprint density at radius 2 is 2.33 bits per heavy atom. The lowest BCUT2D eigenvalue weighted by Crippen LogP contribution is -2.26. The Labute approximate surface area is 89.5 Å². The molecule has 0 fully saturated rings. The lowest BCUT2D eigenvalue weighted by Gasteiger charge is -2.08. The third kappa shape index (κ3) is 4.12. The van der Waals surface area contributed by atoms with Crippen LogP contribution in [0.15, 0.2) is 10.6 Å². The first kappa shape index (κ1) is 11.7. The van der Waals surface area contributed by atoms with E-state index in [0.29, 0.717) is 12.4 Å². The average Bonchev–Trinajstić information content (AvgIpc) is 2.59. The van der Waals surface area contributed by atoms with Crippen LogP contribution in [0.25, 0.3) is 0 Å². The largest absolute Gasteiger partial charge is 0.436 e. The number of rotatable bonds is 5. The van der Waals surface area contributed by atoms with Gasteiger partial charge in [-0.05, 0) is 27.1 Å². The minimum atomic E-state index is -0.200. The number of amides is 1. The molecule has 15 heavy (non-hydrogen) atoms. The number of carbonyl (C=O) groups excluding carboxylic acids is 1. The normalized spacial score (nSPS) is 10.7. The van der Waals surface area contributed by atoms with Gasteiger partial charge in [0, 0.05) is 13.5 Å². The van der Waals surface area contributed by atoms with Gasteiger partial charge in [0.2, 0.25) is 5.76 Å². The highest BCUT2D eigenvalue weighted by Gasteiger charge is 2.09. The molecule has 0 unspecified atom stereocenters. The van der Waals surface area contributed by atoms with Crippen molar-refractivity contribution in [3.05, 3.63) is 17.8 Å². The van der Waals surface area contributed by atoms with Crippen LogP contribution in [0.2, 0.25) is 0 Å². The molecule has 5 nitrogen and oxygen atoms in total. The molecule has 0 aliphatic carbocycles. The number of aromatic nitrogens is 1. The number of nitrogens with zero attached hydrogens (tertiary/aromatic N) is 2. The first-order valence-corrected chi connectivity index (χ1v) is 4.95. The zero-order chi connectivity index (χ0) is 11.3. The van der Waals surface area contributed by atoms with Gasteiger partial charge < -0.3 is 14.6 Å². The quantitative estimate of drug-likeness (QED) is 0.727. The third-order valence-corrected chi connectivity index (χ3v) is 1.91. The summed E-state index contributed by atoms with van der Waals surface area (Å²) < 4.78 is 5.09. The molecule has 0 aromatic carbocycles. The number of hydrogen-bond acceptors (Lipinski definition) is 4. The summed E-state index contributed by atoms with van der Waals surface area (Å²) in [5.74, 6) is 0.583. The zero-order valence-electron chi connectivity index (χ0n) is 9.41. The Balaban J connectivity index is 2.25. The molecule has 84 valence electrons. The number of carbonyl (C=O) groups is 1. The topological polar surface area (TPSA) is 58.4 Å². The molecule has 1 amide bonds. The van der Waals surface area contributed by atoms with Crippen LogP contribution < -0.4 is 5.32 Å². The summed E-state index contributed by atoms with van der Waals surface area (Å²) in [6.45, 7) is 3.31. The van der Waals surface area contributed by atoms with Gasteiger partial charge in [0.1, 0.15) is 0 Å². The van der Waals surface area contributed by atoms with Gasteiger partial charge in [-0.25, -0.2) is 4.98 Å². The molecule has 1 rings (SSSR count). The van der Waals surface area contributed by atoms with Gasteiger partial charge in [0.25, 0.3) is 5.91 Å². The number of oxazole rings is 1. The second-order valence-electron chi connectivity index (χ2n) is 3.66. The summed E-state index contributed by atoms with van der Waals surface area (Å²) in [7, 11) is 4.00. The molecule has 5 heteroatoms. The summed E-state index contributed by atoms with van der Waals surface area (Å²) >= 11 is 0. The highest BCUT2D eigenvalue weighted by atomic mass is 16.4. The molecule has 1 N–H and O–H groups in total. The van der Waals surface area contributed by atoms with Crippen molar-refractivity contribution < 1.29 is 9.21 Å². The molecule has 0 atom stereocenters. The van der Waals surface area contributed by atoms with Gasteiger partial charge in [-0.2, -0.15) is 0 Å². The summed E-state index contributed by atoms with van der Waals surface area (Å²) in [5, 5.41) is 2.77. The molecule has 0 saturated carbocycles. The molecule has 1 heterocycles. The second kappa shape index (κ2) is 5.50. The van der Waals surface area contributed by atoms with Crippen molar-refractivity contribution in [3.8, 4) is 0 Å². The van der Waals surface area contributed by atoms with Crippen molar-refractivity contribution in [3.63, 3.8) is 0 Å². The van der Waals surface area contributed by atoms with Crippen molar-refractivity contribution in [2.24, 2.45) is 0 Å². The summed E-state index contributed by atoms with van der Waals surface area (Å²) in [4.78, 5) is 17.4. The molecular weight excluding hydrogens is 194 g/mol. The first-order chi connectivity index (χ1) is 7.09.